The molecule has 5 rings (SSSR count). The summed E-state index contributed by atoms with van der Waals surface area (Å²) in [5.41, 5.74) is -0.992. The second kappa shape index (κ2) is 10.4. The lowest BCUT2D eigenvalue weighted by atomic mass is 9.96. The summed E-state index contributed by atoms with van der Waals surface area (Å²) in [5, 5.41) is 7.18. The first-order chi connectivity index (χ1) is 18.5. The molecule has 39 heavy (non-hydrogen) atoms. The molecule has 2 N–H and O–H groups in total. The maximum Gasteiger partial charge on any atom is 0.405 e. The van der Waals surface area contributed by atoms with Gasteiger partial charge in [-0.05, 0) is 74.6 Å². The highest BCUT2D eigenvalue weighted by Crippen LogP contribution is 2.39. The Morgan fingerprint density at radius 3 is 2.33 bits per heavy atom. The van der Waals surface area contributed by atoms with Gasteiger partial charge in [-0.25, -0.2) is 4.98 Å². The maximum atomic E-state index is 13.2. The molecule has 2 aliphatic rings. The Hall–Kier alpha value is -3.82. The number of hydrogen-bond donors (Lipinski definition) is 2. The number of rotatable bonds is 7. The van der Waals surface area contributed by atoms with Crippen LogP contribution in [-0.4, -0.2) is 53.2 Å². The van der Waals surface area contributed by atoms with Gasteiger partial charge in [0.1, 0.15) is 18.1 Å². The number of amides is 2. The summed E-state index contributed by atoms with van der Waals surface area (Å²) < 4.78 is 43.3. The van der Waals surface area contributed by atoms with Gasteiger partial charge >= 0.3 is 6.18 Å². The number of pyridine rings is 1. The Labute approximate surface area is 224 Å². The first-order valence-corrected chi connectivity index (χ1v) is 13.1. The van der Waals surface area contributed by atoms with Crippen LogP contribution < -0.4 is 20.3 Å². The molecular formula is C29H31F3N4O3. The summed E-state index contributed by atoms with van der Waals surface area (Å²) in [6.07, 6.45) is 0.210. The molecule has 0 aliphatic carbocycles. The number of piperidine rings is 1. The fourth-order valence-corrected chi connectivity index (χ4v) is 5.56. The Bertz CT molecular complexity index is 1350. The Morgan fingerprint density at radius 1 is 1.00 bits per heavy atom. The average molecular weight is 541 g/mol. The number of halogens is 3. The van der Waals surface area contributed by atoms with E-state index in [1.807, 2.05) is 47.8 Å². The van der Waals surface area contributed by atoms with Crippen LogP contribution in [0, 0.1) is 0 Å². The van der Waals surface area contributed by atoms with Crippen LogP contribution in [0.15, 0.2) is 60.8 Å². The van der Waals surface area contributed by atoms with E-state index in [1.165, 1.54) is 12.3 Å². The fraction of sp³-hybridized carbons (Fsp3) is 0.414. The number of anilines is 1. The number of hydrogen-bond acceptors (Lipinski definition) is 5. The van der Waals surface area contributed by atoms with Gasteiger partial charge in [0.2, 0.25) is 0 Å². The van der Waals surface area contributed by atoms with Crippen LogP contribution in [0.2, 0.25) is 0 Å². The summed E-state index contributed by atoms with van der Waals surface area (Å²) in [7, 11) is 0. The van der Waals surface area contributed by atoms with Gasteiger partial charge in [0.15, 0.2) is 5.60 Å². The molecule has 0 saturated carbocycles. The standard InChI is InChI=1S/C29H31F3N4O3/c1-28(2,39-24-11-7-18-5-3-4-6-19(18)13-24)27(38)35-21-14-22-9-10-23(15-21)36(22)25-12-8-20(16-33-25)26(37)34-17-29(30,31)32/h3-8,11-13,16,21-23H,9-10,14-15,17H2,1-2H3,(H,34,37)(H,35,38)/t21?,22-,23+. The van der Waals surface area contributed by atoms with E-state index in [2.05, 4.69) is 15.2 Å². The SMILES string of the molecule is CC(C)(Oc1ccc2ccccc2c1)C(=O)NC1C[C@H]2CC[C@@H](C1)N2c1ccc(C(=O)NCC(F)(F)F)cn1. The molecule has 1 aromatic heterocycles. The number of carbonyl (C=O) groups excluding carboxylic acids is 2. The normalized spacial score (nSPS) is 21.1. The van der Waals surface area contributed by atoms with E-state index in [9.17, 15) is 22.8 Å². The smallest absolute Gasteiger partial charge is 0.405 e. The van der Waals surface area contributed by atoms with Crippen LogP contribution in [0.5, 0.6) is 5.75 Å². The molecule has 10 heteroatoms. The summed E-state index contributed by atoms with van der Waals surface area (Å²) in [5.74, 6) is 0.315. The number of nitrogens with one attached hydrogen (secondary N) is 2. The van der Waals surface area contributed by atoms with Gasteiger partial charge in [0, 0.05) is 24.3 Å². The molecule has 3 atom stereocenters. The van der Waals surface area contributed by atoms with Crippen molar-refractivity contribution in [3.8, 4) is 5.75 Å². The van der Waals surface area contributed by atoms with Crippen LogP contribution in [-0.2, 0) is 4.79 Å². The Morgan fingerprint density at radius 2 is 1.69 bits per heavy atom. The van der Waals surface area contributed by atoms with E-state index in [0.717, 1.165) is 36.5 Å². The predicted octanol–water partition coefficient (Wildman–Crippen LogP) is 5.00. The van der Waals surface area contributed by atoms with Crippen molar-refractivity contribution in [2.45, 2.75) is 69.4 Å². The predicted molar refractivity (Wildman–Crippen MR) is 142 cm³/mol. The third-order valence-electron chi connectivity index (χ3n) is 7.43. The highest BCUT2D eigenvalue weighted by atomic mass is 19.4. The molecule has 3 heterocycles. The Kier molecular flexibility index (Phi) is 7.13. The number of alkyl halides is 3. The lowest BCUT2D eigenvalue weighted by molar-refractivity contribution is -0.135. The van der Waals surface area contributed by atoms with E-state index in [4.69, 9.17) is 4.74 Å². The molecule has 7 nitrogen and oxygen atoms in total. The average Bonchev–Trinajstić information content (AvgIpc) is 3.16. The molecule has 206 valence electrons. The summed E-state index contributed by atoms with van der Waals surface area (Å²) in [6, 6.07) is 17.2. The molecule has 3 aromatic rings. The second-order valence-electron chi connectivity index (χ2n) is 10.8. The van der Waals surface area contributed by atoms with E-state index < -0.39 is 24.2 Å². The number of benzene rings is 2. The summed E-state index contributed by atoms with van der Waals surface area (Å²) >= 11 is 0. The van der Waals surface area contributed by atoms with Crippen LogP contribution in [0.1, 0.15) is 49.9 Å². The topological polar surface area (TPSA) is 83.6 Å². The molecule has 2 amide bonds. The molecule has 2 saturated heterocycles. The minimum atomic E-state index is -4.47. The quantitative estimate of drug-likeness (QED) is 0.441. The van der Waals surface area contributed by atoms with Crippen LogP contribution in [0.4, 0.5) is 19.0 Å². The largest absolute Gasteiger partial charge is 0.478 e. The van der Waals surface area contributed by atoms with Gasteiger partial charge in [-0.3, -0.25) is 9.59 Å². The van der Waals surface area contributed by atoms with E-state index in [1.54, 1.807) is 19.9 Å². The zero-order valence-corrected chi connectivity index (χ0v) is 21.8. The lowest BCUT2D eigenvalue weighted by Gasteiger charge is -2.40. The number of aromatic nitrogens is 1. The zero-order chi connectivity index (χ0) is 27.8. The molecule has 0 spiro atoms. The summed E-state index contributed by atoms with van der Waals surface area (Å²) in [4.78, 5) is 31.8. The van der Waals surface area contributed by atoms with Gasteiger partial charge in [0.25, 0.3) is 11.8 Å². The van der Waals surface area contributed by atoms with Gasteiger partial charge in [-0.1, -0.05) is 30.3 Å². The first-order valence-electron chi connectivity index (χ1n) is 13.1. The van der Waals surface area contributed by atoms with Crippen molar-refractivity contribution in [3.63, 3.8) is 0 Å². The molecule has 2 aromatic carbocycles. The second-order valence-corrected chi connectivity index (χ2v) is 10.8. The van der Waals surface area contributed by atoms with Gasteiger partial charge in [-0.15, -0.1) is 0 Å². The van der Waals surface area contributed by atoms with Gasteiger partial charge in [-0.2, -0.15) is 13.2 Å². The number of fused-ring (bicyclic) bond motifs is 3. The Balaban J connectivity index is 1.18. The zero-order valence-electron chi connectivity index (χ0n) is 21.8. The van der Waals surface area contributed by atoms with Crippen molar-refractivity contribution in [1.82, 2.24) is 15.6 Å². The van der Waals surface area contributed by atoms with Crippen molar-refractivity contribution in [2.24, 2.45) is 0 Å². The van der Waals surface area contributed by atoms with Crippen LogP contribution in [0.3, 0.4) is 0 Å². The minimum absolute atomic E-state index is 0.0156. The monoisotopic (exact) mass is 540 g/mol. The van der Waals surface area contributed by atoms with Crippen molar-refractivity contribution in [2.75, 3.05) is 11.4 Å². The van der Waals surface area contributed by atoms with Crippen molar-refractivity contribution in [3.05, 3.63) is 66.4 Å². The van der Waals surface area contributed by atoms with Crippen LogP contribution >= 0.6 is 0 Å². The number of carbonyl (C=O) groups is 2. The molecule has 2 aliphatic heterocycles. The van der Waals surface area contributed by atoms with Gasteiger partial charge in [0.05, 0.1) is 5.56 Å². The van der Waals surface area contributed by atoms with Crippen molar-refractivity contribution in [1.29, 1.82) is 0 Å². The molecule has 2 fully saturated rings. The molecular weight excluding hydrogens is 509 g/mol. The first kappa shape index (κ1) is 26.8. The van der Waals surface area contributed by atoms with E-state index >= 15 is 0 Å². The minimum Gasteiger partial charge on any atom is -0.478 e. The van der Waals surface area contributed by atoms with Crippen molar-refractivity contribution >= 4 is 28.4 Å². The molecule has 1 unspecified atom stereocenters. The maximum absolute atomic E-state index is 13.2. The van der Waals surface area contributed by atoms with Crippen molar-refractivity contribution < 1.29 is 27.5 Å². The van der Waals surface area contributed by atoms with Crippen LogP contribution in [0.25, 0.3) is 10.8 Å². The number of nitrogens with zero attached hydrogens (tertiary/aromatic N) is 2. The number of ether oxygens (including phenoxy) is 1. The molecule has 0 radical (unpaired) electrons. The molecule has 2 bridgehead atoms. The van der Waals surface area contributed by atoms with E-state index in [0.29, 0.717) is 11.6 Å². The third-order valence-corrected chi connectivity index (χ3v) is 7.43. The third kappa shape index (κ3) is 6.10. The lowest BCUT2D eigenvalue weighted by Crippen LogP contribution is -2.55. The highest BCUT2D eigenvalue weighted by molar-refractivity contribution is 5.94. The van der Waals surface area contributed by atoms with E-state index in [-0.39, 0.29) is 29.6 Å². The van der Waals surface area contributed by atoms with Gasteiger partial charge < -0.3 is 20.3 Å². The summed E-state index contributed by atoms with van der Waals surface area (Å²) in [6.45, 7) is 2.14. The highest BCUT2D eigenvalue weighted by Gasteiger charge is 2.43. The fourth-order valence-electron chi connectivity index (χ4n) is 5.56.